The van der Waals surface area contributed by atoms with E-state index in [4.69, 9.17) is 9.90 Å². The predicted molar refractivity (Wildman–Crippen MR) is 117 cm³/mol. The maximum absolute atomic E-state index is 12.9. The Labute approximate surface area is 189 Å². The number of nitrogens with zero attached hydrogens (tertiary/aromatic N) is 2. The highest BCUT2D eigenvalue weighted by Crippen LogP contribution is 2.68. The normalized spacial score (nSPS) is 25.2. The molecule has 2 fully saturated rings. The third-order valence-electron chi connectivity index (χ3n) is 6.56. The standard InChI is InChI=1S/C22H23N5O3.CH2O2/c28-18-12-27(21(30)15-6-8-23-10-15)13-22(18)16(19(22)14-4-2-1-3-5-14)11-24-20(29)17-7-9-25-26-17;2-1-3/h1-10,16,18-19,23,28H,11-13H2,(H,24,29)(H,25,26);1H,(H,2,3)/t16-,18-,19-,22-;/m1./s1. The van der Waals surface area contributed by atoms with Crippen molar-refractivity contribution in [1.29, 1.82) is 0 Å². The molecule has 4 atom stereocenters. The molecular formula is C23H25N5O5. The molecule has 1 aromatic carbocycles. The Morgan fingerprint density at radius 2 is 2.00 bits per heavy atom. The highest BCUT2D eigenvalue weighted by Gasteiger charge is 2.71. The van der Waals surface area contributed by atoms with Gasteiger partial charge in [-0.15, -0.1) is 0 Å². The first-order valence-corrected chi connectivity index (χ1v) is 10.5. The number of carbonyl (C=O) groups is 3. The minimum Gasteiger partial charge on any atom is -0.483 e. The van der Waals surface area contributed by atoms with Crippen LogP contribution >= 0.6 is 0 Å². The molecule has 1 aliphatic carbocycles. The molecule has 10 nitrogen and oxygen atoms in total. The summed E-state index contributed by atoms with van der Waals surface area (Å²) in [7, 11) is 0. The lowest BCUT2D eigenvalue weighted by molar-refractivity contribution is -0.122. The van der Waals surface area contributed by atoms with Crippen molar-refractivity contribution < 1.29 is 24.6 Å². The zero-order chi connectivity index (χ0) is 23.4. The SMILES string of the molecule is O=C(NC[C@@H]1[C@@H](c2ccccc2)[C@]12CN(C(=O)c1cc[nH]c1)C[C@H]2O)c1ccn[nH]1.O=CO. The van der Waals surface area contributed by atoms with Crippen molar-refractivity contribution in [2.24, 2.45) is 11.3 Å². The average Bonchev–Trinajstić information content (AvgIpc) is 3.36. The van der Waals surface area contributed by atoms with E-state index >= 15 is 0 Å². The Morgan fingerprint density at radius 1 is 1.24 bits per heavy atom. The van der Waals surface area contributed by atoms with Gasteiger partial charge in [0.15, 0.2) is 0 Å². The van der Waals surface area contributed by atoms with E-state index < -0.39 is 11.5 Å². The fourth-order valence-electron chi connectivity index (χ4n) is 5.08. The second-order valence-corrected chi connectivity index (χ2v) is 8.19. The smallest absolute Gasteiger partial charge is 0.290 e. The number of aromatic nitrogens is 3. The van der Waals surface area contributed by atoms with E-state index in [1.807, 2.05) is 30.3 Å². The van der Waals surface area contributed by atoms with Crippen molar-refractivity contribution in [3.63, 3.8) is 0 Å². The molecule has 1 aliphatic heterocycles. The van der Waals surface area contributed by atoms with Crippen molar-refractivity contribution in [3.8, 4) is 0 Å². The van der Waals surface area contributed by atoms with Gasteiger partial charge in [0, 0.05) is 43.6 Å². The summed E-state index contributed by atoms with van der Waals surface area (Å²) in [5, 5.41) is 27.4. The molecule has 33 heavy (non-hydrogen) atoms. The summed E-state index contributed by atoms with van der Waals surface area (Å²) >= 11 is 0. The fourth-order valence-corrected chi connectivity index (χ4v) is 5.08. The number of H-pyrrole nitrogens is 2. The van der Waals surface area contributed by atoms with Crippen LogP contribution in [-0.2, 0) is 4.79 Å². The van der Waals surface area contributed by atoms with Crippen molar-refractivity contribution in [3.05, 3.63) is 77.9 Å². The molecule has 3 heterocycles. The highest BCUT2D eigenvalue weighted by atomic mass is 16.3. The number of β-amino-alcohol motifs (C(OH)–C–C–N with tert-alkyl or cyclic N) is 1. The summed E-state index contributed by atoms with van der Waals surface area (Å²) in [6.45, 7) is 0.918. The van der Waals surface area contributed by atoms with Crippen molar-refractivity contribution in [1.82, 2.24) is 25.4 Å². The first-order chi connectivity index (χ1) is 16.0. The van der Waals surface area contributed by atoms with Gasteiger partial charge in [-0.2, -0.15) is 5.10 Å². The van der Waals surface area contributed by atoms with Crippen molar-refractivity contribution in [2.45, 2.75) is 12.0 Å². The van der Waals surface area contributed by atoms with E-state index in [2.05, 4.69) is 20.5 Å². The fraction of sp³-hybridized carbons (Fsp3) is 0.304. The van der Waals surface area contributed by atoms with Crippen LogP contribution in [0, 0.1) is 11.3 Å². The maximum Gasteiger partial charge on any atom is 0.290 e. The molecule has 2 aliphatic rings. The lowest BCUT2D eigenvalue weighted by Gasteiger charge is -2.16. The lowest BCUT2D eigenvalue weighted by Crippen LogP contribution is -2.31. The Morgan fingerprint density at radius 3 is 2.64 bits per heavy atom. The number of benzene rings is 1. The molecule has 5 N–H and O–H groups in total. The van der Waals surface area contributed by atoms with Crippen LogP contribution in [-0.4, -0.2) is 74.3 Å². The monoisotopic (exact) mass is 451 g/mol. The average molecular weight is 451 g/mol. The molecule has 10 heteroatoms. The zero-order valence-electron chi connectivity index (χ0n) is 17.7. The molecule has 5 rings (SSSR count). The third kappa shape index (κ3) is 4.12. The molecule has 3 aromatic rings. The highest BCUT2D eigenvalue weighted by molar-refractivity contribution is 5.94. The number of carbonyl (C=O) groups excluding carboxylic acids is 2. The third-order valence-corrected chi connectivity index (χ3v) is 6.56. The second kappa shape index (κ2) is 9.29. The first-order valence-electron chi connectivity index (χ1n) is 10.5. The summed E-state index contributed by atoms with van der Waals surface area (Å²) in [6, 6.07) is 13.4. The molecular weight excluding hydrogens is 426 g/mol. The molecule has 0 unspecified atom stereocenters. The second-order valence-electron chi connectivity index (χ2n) is 8.19. The van der Waals surface area contributed by atoms with E-state index in [0.29, 0.717) is 30.9 Å². The summed E-state index contributed by atoms with van der Waals surface area (Å²) in [5.74, 6) is -0.217. The van der Waals surface area contributed by atoms with Crippen LogP contribution in [0.3, 0.4) is 0 Å². The van der Waals surface area contributed by atoms with Gasteiger partial charge < -0.3 is 25.4 Å². The number of amides is 2. The van der Waals surface area contributed by atoms with Gasteiger partial charge in [-0.05, 0) is 29.5 Å². The van der Waals surface area contributed by atoms with Gasteiger partial charge >= 0.3 is 0 Å². The van der Waals surface area contributed by atoms with Crippen LogP contribution in [0.2, 0.25) is 0 Å². The maximum atomic E-state index is 12.9. The van der Waals surface area contributed by atoms with E-state index in [-0.39, 0.29) is 30.1 Å². The van der Waals surface area contributed by atoms with Crippen LogP contribution in [0.15, 0.2) is 61.1 Å². The van der Waals surface area contributed by atoms with E-state index in [1.54, 1.807) is 29.4 Å². The van der Waals surface area contributed by atoms with E-state index in [0.717, 1.165) is 5.56 Å². The molecule has 2 amide bonds. The summed E-state index contributed by atoms with van der Waals surface area (Å²) in [6.07, 6.45) is 4.27. The molecule has 0 radical (unpaired) electrons. The molecule has 172 valence electrons. The van der Waals surface area contributed by atoms with Crippen LogP contribution in [0.5, 0.6) is 0 Å². The number of aromatic amines is 2. The largest absolute Gasteiger partial charge is 0.483 e. The number of nitrogens with one attached hydrogen (secondary N) is 3. The predicted octanol–water partition coefficient (Wildman–Crippen LogP) is 1.09. The number of aliphatic hydroxyl groups excluding tert-OH is 1. The topological polar surface area (TPSA) is 151 Å². The minimum atomic E-state index is -0.653. The number of rotatable bonds is 5. The van der Waals surface area contributed by atoms with Crippen LogP contribution in [0.25, 0.3) is 0 Å². The van der Waals surface area contributed by atoms with E-state index in [1.165, 1.54) is 6.20 Å². The Kier molecular flexibility index (Phi) is 6.27. The lowest BCUT2D eigenvalue weighted by atomic mass is 9.95. The van der Waals surface area contributed by atoms with Gasteiger partial charge in [-0.1, -0.05) is 30.3 Å². The Bertz CT molecular complexity index is 1090. The van der Waals surface area contributed by atoms with Crippen LogP contribution < -0.4 is 5.32 Å². The molecule has 2 aromatic heterocycles. The van der Waals surface area contributed by atoms with Gasteiger partial charge in [0.25, 0.3) is 18.3 Å². The van der Waals surface area contributed by atoms with Gasteiger partial charge in [-0.3, -0.25) is 19.5 Å². The summed E-state index contributed by atoms with van der Waals surface area (Å²) < 4.78 is 0. The molecule has 1 saturated heterocycles. The van der Waals surface area contributed by atoms with Crippen LogP contribution in [0.1, 0.15) is 32.3 Å². The zero-order valence-corrected chi connectivity index (χ0v) is 17.7. The number of hydrogen-bond acceptors (Lipinski definition) is 5. The molecule has 0 bridgehead atoms. The summed E-state index contributed by atoms with van der Waals surface area (Å²) in [5.41, 5.74) is 1.64. The van der Waals surface area contributed by atoms with E-state index in [9.17, 15) is 14.7 Å². The van der Waals surface area contributed by atoms with Gasteiger partial charge in [0.05, 0.1) is 11.7 Å². The van der Waals surface area contributed by atoms with Crippen molar-refractivity contribution >= 4 is 18.3 Å². The quantitative estimate of drug-likeness (QED) is 0.366. The number of hydrogen-bond donors (Lipinski definition) is 5. The van der Waals surface area contributed by atoms with Crippen LogP contribution in [0.4, 0.5) is 0 Å². The number of carboxylic acid groups (broad SMARTS) is 1. The number of likely N-dealkylation sites (tertiary alicyclic amines) is 1. The Hall–Kier alpha value is -3.92. The molecule has 1 spiro atoms. The Balaban J connectivity index is 0.000000821. The molecule has 1 saturated carbocycles. The summed E-state index contributed by atoms with van der Waals surface area (Å²) in [4.78, 5) is 38.2. The van der Waals surface area contributed by atoms with Gasteiger partial charge in [-0.25, -0.2) is 0 Å². The first kappa shape index (κ1) is 22.3. The van der Waals surface area contributed by atoms with Gasteiger partial charge in [0.2, 0.25) is 0 Å². The van der Waals surface area contributed by atoms with Crippen molar-refractivity contribution in [2.75, 3.05) is 19.6 Å². The minimum absolute atomic E-state index is 0.0331. The number of aliphatic hydroxyl groups is 1. The van der Waals surface area contributed by atoms with Gasteiger partial charge in [0.1, 0.15) is 5.69 Å².